The highest BCUT2D eigenvalue weighted by Gasteiger charge is 2.20. The van der Waals surface area contributed by atoms with Crippen LogP contribution in [0.25, 0.3) is 0 Å². The highest BCUT2D eigenvalue weighted by Crippen LogP contribution is 2.21. The number of methoxy groups -OCH3 is 1. The van der Waals surface area contributed by atoms with Crippen molar-refractivity contribution in [3.8, 4) is 5.75 Å². The summed E-state index contributed by atoms with van der Waals surface area (Å²) in [6, 6.07) is 5.31. The smallest absolute Gasteiger partial charge is 0.196 e. The fraction of sp³-hybridized carbons (Fsp3) is 0.417. The van der Waals surface area contributed by atoms with Gasteiger partial charge in [0.2, 0.25) is 0 Å². The zero-order valence-electron chi connectivity index (χ0n) is 9.78. The average Bonchev–Trinajstić information content (AvgIpc) is 2.28. The molecule has 1 aromatic carbocycles. The number of benzene rings is 1. The van der Waals surface area contributed by atoms with Crippen LogP contribution in [0.1, 0.15) is 15.9 Å². The van der Waals surface area contributed by atoms with Crippen molar-refractivity contribution >= 4 is 5.78 Å². The summed E-state index contributed by atoms with van der Waals surface area (Å²) < 4.78 is 5.10. The average molecular weight is 223 g/mol. The van der Waals surface area contributed by atoms with Gasteiger partial charge in [-0.25, -0.2) is 0 Å². The number of hydrogen-bond acceptors (Lipinski definition) is 4. The number of likely N-dealkylation sites (N-methyl/N-ethyl adjacent to an activating group) is 1. The van der Waals surface area contributed by atoms with E-state index in [9.17, 15) is 9.90 Å². The van der Waals surface area contributed by atoms with E-state index in [1.807, 2.05) is 13.0 Å². The second kappa shape index (κ2) is 5.63. The number of aryl methyl sites for hydroxylation is 1. The standard InChI is InChI=1S/C12H17NO3/c1-8-4-5-11(16-3)9(6-8)12(15)10(14)7-13-2/h4-6,10,13-14H,7H2,1-3H3. The second-order valence-electron chi connectivity index (χ2n) is 3.64. The van der Waals surface area contributed by atoms with Gasteiger partial charge < -0.3 is 15.2 Å². The fourth-order valence-corrected chi connectivity index (χ4v) is 1.48. The van der Waals surface area contributed by atoms with Gasteiger partial charge in [0, 0.05) is 6.54 Å². The molecule has 16 heavy (non-hydrogen) atoms. The van der Waals surface area contributed by atoms with Crippen molar-refractivity contribution in [2.45, 2.75) is 13.0 Å². The minimum Gasteiger partial charge on any atom is -0.496 e. The van der Waals surface area contributed by atoms with Crippen LogP contribution in [0.15, 0.2) is 18.2 Å². The number of Topliss-reactive ketones (excluding diaryl/α,β-unsaturated/α-hetero) is 1. The molecule has 1 atom stereocenters. The lowest BCUT2D eigenvalue weighted by molar-refractivity contribution is 0.0747. The molecule has 0 fully saturated rings. The Balaban J connectivity index is 3.01. The van der Waals surface area contributed by atoms with Crippen molar-refractivity contribution in [3.63, 3.8) is 0 Å². The fourth-order valence-electron chi connectivity index (χ4n) is 1.48. The molecule has 1 unspecified atom stereocenters. The Morgan fingerprint density at radius 2 is 2.25 bits per heavy atom. The van der Waals surface area contributed by atoms with Crippen LogP contribution in [0.4, 0.5) is 0 Å². The molecule has 0 saturated heterocycles. The summed E-state index contributed by atoms with van der Waals surface area (Å²) in [6.45, 7) is 2.12. The lowest BCUT2D eigenvalue weighted by Crippen LogP contribution is -2.31. The van der Waals surface area contributed by atoms with Gasteiger partial charge in [0.1, 0.15) is 11.9 Å². The molecule has 0 saturated carbocycles. The van der Waals surface area contributed by atoms with Crippen LogP contribution in [-0.4, -0.2) is 37.7 Å². The first-order chi connectivity index (χ1) is 7.60. The Hall–Kier alpha value is -1.39. The quantitative estimate of drug-likeness (QED) is 0.724. The molecule has 0 spiro atoms. The summed E-state index contributed by atoms with van der Waals surface area (Å²) in [6.07, 6.45) is -1.04. The van der Waals surface area contributed by atoms with Crippen molar-refractivity contribution < 1.29 is 14.6 Å². The second-order valence-corrected chi connectivity index (χ2v) is 3.64. The van der Waals surface area contributed by atoms with Crippen molar-refractivity contribution in [2.24, 2.45) is 0 Å². The summed E-state index contributed by atoms with van der Waals surface area (Å²) in [4.78, 5) is 11.9. The van der Waals surface area contributed by atoms with E-state index < -0.39 is 6.10 Å². The van der Waals surface area contributed by atoms with Crippen molar-refractivity contribution in [1.82, 2.24) is 5.32 Å². The number of carbonyl (C=O) groups excluding carboxylic acids is 1. The lowest BCUT2D eigenvalue weighted by Gasteiger charge is -2.12. The molecule has 4 nitrogen and oxygen atoms in total. The van der Waals surface area contributed by atoms with Crippen LogP contribution in [0.2, 0.25) is 0 Å². The monoisotopic (exact) mass is 223 g/mol. The molecule has 1 rings (SSSR count). The van der Waals surface area contributed by atoms with Gasteiger partial charge in [-0.2, -0.15) is 0 Å². The minimum atomic E-state index is -1.04. The third-order valence-corrected chi connectivity index (χ3v) is 2.32. The predicted octanol–water partition coefficient (Wildman–Crippen LogP) is 0.767. The Kier molecular flexibility index (Phi) is 4.46. The number of ketones is 1. The Morgan fingerprint density at radius 3 is 2.81 bits per heavy atom. The summed E-state index contributed by atoms with van der Waals surface area (Å²) in [5.74, 6) is 0.167. The van der Waals surface area contributed by atoms with Crippen LogP contribution < -0.4 is 10.1 Å². The molecular formula is C12H17NO3. The van der Waals surface area contributed by atoms with Gasteiger partial charge in [-0.05, 0) is 26.1 Å². The van der Waals surface area contributed by atoms with Gasteiger partial charge in [-0.3, -0.25) is 4.79 Å². The van der Waals surface area contributed by atoms with E-state index in [2.05, 4.69) is 5.32 Å². The van der Waals surface area contributed by atoms with E-state index in [-0.39, 0.29) is 12.3 Å². The van der Waals surface area contributed by atoms with Gasteiger partial charge >= 0.3 is 0 Å². The van der Waals surface area contributed by atoms with E-state index in [4.69, 9.17) is 4.74 Å². The zero-order chi connectivity index (χ0) is 12.1. The first kappa shape index (κ1) is 12.7. The highest BCUT2D eigenvalue weighted by atomic mass is 16.5. The number of aliphatic hydroxyl groups excluding tert-OH is 1. The summed E-state index contributed by atoms with van der Waals surface area (Å²) in [5.41, 5.74) is 1.38. The first-order valence-corrected chi connectivity index (χ1v) is 5.11. The largest absolute Gasteiger partial charge is 0.496 e. The van der Waals surface area contributed by atoms with Crippen molar-refractivity contribution in [1.29, 1.82) is 0 Å². The van der Waals surface area contributed by atoms with E-state index in [0.717, 1.165) is 5.56 Å². The number of rotatable bonds is 5. The van der Waals surface area contributed by atoms with Gasteiger partial charge in [0.25, 0.3) is 0 Å². The SMILES string of the molecule is CNCC(O)C(=O)c1cc(C)ccc1OC. The molecule has 1 aromatic rings. The van der Waals surface area contributed by atoms with Gasteiger partial charge in [0.05, 0.1) is 12.7 Å². The van der Waals surface area contributed by atoms with E-state index in [0.29, 0.717) is 11.3 Å². The topological polar surface area (TPSA) is 58.6 Å². The summed E-state index contributed by atoms with van der Waals surface area (Å²) in [7, 11) is 3.19. The van der Waals surface area contributed by atoms with E-state index in [1.165, 1.54) is 7.11 Å². The minimum absolute atomic E-state index is 0.232. The lowest BCUT2D eigenvalue weighted by atomic mass is 10.0. The van der Waals surface area contributed by atoms with Gasteiger partial charge in [-0.1, -0.05) is 11.6 Å². The van der Waals surface area contributed by atoms with Gasteiger partial charge in [0.15, 0.2) is 5.78 Å². The van der Waals surface area contributed by atoms with Crippen LogP contribution >= 0.6 is 0 Å². The van der Waals surface area contributed by atoms with Crippen LogP contribution in [0.3, 0.4) is 0 Å². The molecule has 0 amide bonds. The van der Waals surface area contributed by atoms with Crippen molar-refractivity contribution in [3.05, 3.63) is 29.3 Å². The molecule has 0 heterocycles. The Bertz CT molecular complexity index is 377. The number of nitrogens with one attached hydrogen (secondary N) is 1. The van der Waals surface area contributed by atoms with Crippen LogP contribution in [-0.2, 0) is 0 Å². The molecule has 4 heteroatoms. The maximum absolute atomic E-state index is 11.9. The number of hydrogen-bond donors (Lipinski definition) is 2. The Morgan fingerprint density at radius 1 is 1.56 bits per heavy atom. The highest BCUT2D eigenvalue weighted by molar-refractivity contribution is 6.02. The predicted molar refractivity (Wildman–Crippen MR) is 62.0 cm³/mol. The molecule has 0 aromatic heterocycles. The van der Waals surface area contributed by atoms with E-state index >= 15 is 0 Å². The van der Waals surface area contributed by atoms with E-state index in [1.54, 1.807) is 19.2 Å². The third kappa shape index (κ3) is 2.81. The molecule has 88 valence electrons. The summed E-state index contributed by atoms with van der Waals surface area (Å²) >= 11 is 0. The normalized spacial score (nSPS) is 12.2. The maximum Gasteiger partial charge on any atom is 0.196 e. The number of ether oxygens (including phenoxy) is 1. The van der Waals surface area contributed by atoms with Crippen LogP contribution in [0.5, 0.6) is 5.75 Å². The zero-order valence-corrected chi connectivity index (χ0v) is 9.78. The molecule has 0 radical (unpaired) electrons. The van der Waals surface area contributed by atoms with Gasteiger partial charge in [-0.15, -0.1) is 0 Å². The first-order valence-electron chi connectivity index (χ1n) is 5.11. The van der Waals surface area contributed by atoms with Crippen molar-refractivity contribution in [2.75, 3.05) is 20.7 Å². The molecular weight excluding hydrogens is 206 g/mol. The molecule has 2 N–H and O–H groups in total. The molecule has 0 aliphatic carbocycles. The van der Waals surface area contributed by atoms with Crippen LogP contribution in [0, 0.1) is 6.92 Å². The molecule has 0 aliphatic heterocycles. The maximum atomic E-state index is 11.9. The summed E-state index contributed by atoms with van der Waals surface area (Å²) in [5, 5.41) is 12.4. The third-order valence-electron chi connectivity index (χ3n) is 2.32. The molecule has 0 bridgehead atoms. The Labute approximate surface area is 95.2 Å². The number of aliphatic hydroxyl groups is 1. The molecule has 0 aliphatic rings. The number of carbonyl (C=O) groups is 1.